The molecule has 4 rings (SSSR count). The largest absolute Gasteiger partial charge is 0.490 e. The van der Waals surface area contributed by atoms with Gasteiger partial charge in [0.15, 0.2) is 17.4 Å². The third-order valence-electron chi connectivity index (χ3n) is 4.19. The Kier molecular flexibility index (Phi) is 4.00. The van der Waals surface area contributed by atoms with Gasteiger partial charge in [0.2, 0.25) is 0 Å². The zero-order chi connectivity index (χ0) is 18.1. The number of aromatic nitrogens is 2. The van der Waals surface area contributed by atoms with Crippen molar-refractivity contribution in [2.45, 2.75) is 12.5 Å². The van der Waals surface area contributed by atoms with Crippen molar-refractivity contribution in [3.8, 4) is 17.1 Å². The fraction of sp³-hybridized carbons (Fsp3) is 0.167. The Morgan fingerprint density at radius 3 is 2.77 bits per heavy atom. The summed E-state index contributed by atoms with van der Waals surface area (Å²) >= 11 is 0. The Balaban J connectivity index is 1.53. The highest BCUT2D eigenvalue weighted by Gasteiger charge is 2.25. The molecule has 1 aliphatic heterocycles. The molecule has 2 heterocycles. The lowest BCUT2D eigenvalue weighted by Crippen LogP contribution is -2.32. The van der Waals surface area contributed by atoms with Gasteiger partial charge in [-0.15, -0.1) is 0 Å². The second-order valence-electron chi connectivity index (χ2n) is 5.84. The first-order chi connectivity index (χ1) is 12.6. The number of hydrogen-bond acceptors (Lipinski definition) is 5. The maximum Gasteiger partial charge on any atom is 0.439 e. The molecule has 3 aromatic rings. The van der Waals surface area contributed by atoms with Crippen molar-refractivity contribution in [2.24, 2.45) is 0 Å². The van der Waals surface area contributed by atoms with E-state index in [2.05, 4.69) is 20.0 Å². The third kappa shape index (κ3) is 2.97. The fourth-order valence-corrected chi connectivity index (χ4v) is 2.91. The monoisotopic (exact) mass is 355 g/mol. The Bertz CT molecular complexity index is 1010. The molecule has 132 valence electrons. The molecule has 0 unspecified atom stereocenters. The number of amides is 1. The number of fused-ring (bicyclic) bond motifs is 1. The van der Waals surface area contributed by atoms with Gasteiger partial charge in [-0.2, -0.15) is 0 Å². The van der Waals surface area contributed by atoms with Crippen molar-refractivity contribution in [1.82, 2.24) is 15.5 Å². The number of H-pyrrole nitrogens is 1. The minimum Gasteiger partial charge on any atom is -0.490 e. The Morgan fingerprint density at radius 1 is 1.23 bits per heavy atom. The normalized spacial score (nSPS) is 15.8. The molecule has 1 aliphatic rings. The molecule has 1 amide bonds. The molecular formula is C18H14FN3O4. The maximum absolute atomic E-state index is 13.8. The molecule has 0 spiro atoms. The molecule has 2 N–H and O–H groups in total. The van der Waals surface area contributed by atoms with Crippen molar-refractivity contribution in [1.29, 1.82) is 0 Å². The summed E-state index contributed by atoms with van der Waals surface area (Å²) < 4.78 is 23.7. The smallest absolute Gasteiger partial charge is 0.439 e. The Morgan fingerprint density at radius 2 is 2.04 bits per heavy atom. The van der Waals surface area contributed by atoms with E-state index >= 15 is 0 Å². The molecule has 0 saturated carbocycles. The van der Waals surface area contributed by atoms with E-state index in [-0.39, 0.29) is 23.5 Å². The van der Waals surface area contributed by atoms with Crippen LogP contribution in [0.5, 0.6) is 5.75 Å². The number of carbonyl (C=O) groups is 1. The van der Waals surface area contributed by atoms with E-state index in [1.54, 1.807) is 36.4 Å². The lowest BCUT2D eigenvalue weighted by atomic mass is 9.99. The second kappa shape index (κ2) is 6.47. The number of para-hydroxylation sites is 1. The number of hydrogen-bond donors (Lipinski definition) is 2. The van der Waals surface area contributed by atoms with E-state index in [0.29, 0.717) is 29.7 Å². The number of aromatic amines is 1. The van der Waals surface area contributed by atoms with Gasteiger partial charge >= 0.3 is 5.76 Å². The van der Waals surface area contributed by atoms with Crippen LogP contribution in [0.3, 0.4) is 0 Å². The van der Waals surface area contributed by atoms with Crippen molar-refractivity contribution in [3.05, 3.63) is 70.0 Å². The average molecular weight is 355 g/mol. The van der Waals surface area contributed by atoms with E-state index < -0.39 is 11.6 Å². The van der Waals surface area contributed by atoms with Crippen LogP contribution in [0.1, 0.15) is 28.4 Å². The lowest BCUT2D eigenvalue weighted by molar-refractivity contribution is 0.0924. The molecule has 0 fully saturated rings. The van der Waals surface area contributed by atoms with Crippen LogP contribution in [0.15, 0.2) is 51.8 Å². The number of nitrogens with zero attached hydrogens (tertiary/aromatic N) is 1. The van der Waals surface area contributed by atoms with E-state index in [4.69, 9.17) is 4.74 Å². The van der Waals surface area contributed by atoms with Crippen LogP contribution in [0.4, 0.5) is 4.39 Å². The van der Waals surface area contributed by atoms with Crippen molar-refractivity contribution in [3.63, 3.8) is 0 Å². The molecule has 0 bridgehead atoms. The summed E-state index contributed by atoms with van der Waals surface area (Å²) in [6.07, 6.45) is 0.556. The van der Waals surface area contributed by atoms with Gasteiger partial charge in [-0.1, -0.05) is 29.4 Å². The summed E-state index contributed by atoms with van der Waals surface area (Å²) in [5.41, 5.74) is 1.68. The van der Waals surface area contributed by atoms with Gasteiger partial charge in [-0.05, 0) is 18.2 Å². The zero-order valence-electron chi connectivity index (χ0n) is 13.5. The summed E-state index contributed by atoms with van der Waals surface area (Å²) in [5.74, 6) is -0.892. The SMILES string of the molecule is O=C(N[C@H]1CCOc2c(F)cccc21)c1ccc(-c2noc(=O)[nH]2)cc1. The summed E-state index contributed by atoms with van der Waals surface area (Å²) in [5, 5.41) is 6.50. The highest BCUT2D eigenvalue weighted by Crippen LogP contribution is 2.34. The Labute approximate surface area is 146 Å². The van der Waals surface area contributed by atoms with Gasteiger partial charge in [0.1, 0.15) is 0 Å². The van der Waals surface area contributed by atoms with E-state index in [1.165, 1.54) is 6.07 Å². The number of ether oxygens (including phenoxy) is 1. The van der Waals surface area contributed by atoms with Gasteiger partial charge in [-0.25, -0.2) is 9.18 Å². The standard InChI is InChI=1S/C18H14FN3O4/c19-13-3-1-2-12-14(8-9-25-15(12)13)20-17(23)11-6-4-10(5-7-11)16-21-18(24)26-22-16/h1-7,14H,8-9H2,(H,20,23)(H,21,22,24)/t14-/m0/s1. The van der Waals surface area contributed by atoms with Gasteiger partial charge in [0.05, 0.1) is 12.6 Å². The highest BCUT2D eigenvalue weighted by molar-refractivity contribution is 5.94. The number of carbonyl (C=O) groups excluding carboxylic acids is 1. The first kappa shape index (κ1) is 16.1. The molecule has 0 saturated heterocycles. The first-order valence-corrected chi connectivity index (χ1v) is 8.00. The van der Waals surface area contributed by atoms with Crippen LogP contribution >= 0.6 is 0 Å². The molecule has 0 aliphatic carbocycles. The summed E-state index contributed by atoms with van der Waals surface area (Å²) in [6, 6.07) is 10.9. The Hall–Kier alpha value is -3.42. The summed E-state index contributed by atoms with van der Waals surface area (Å²) in [6.45, 7) is 0.331. The molecular weight excluding hydrogens is 341 g/mol. The molecule has 1 atom stereocenters. The van der Waals surface area contributed by atoms with Crippen LogP contribution in [-0.4, -0.2) is 22.7 Å². The van der Waals surface area contributed by atoms with Crippen molar-refractivity contribution < 1.29 is 18.4 Å². The van der Waals surface area contributed by atoms with Gasteiger partial charge in [-0.3, -0.25) is 14.3 Å². The minimum absolute atomic E-state index is 0.189. The second-order valence-corrected chi connectivity index (χ2v) is 5.84. The molecule has 8 heteroatoms. The van der Waals surface area contributed by atoms with E-state index in [1.807, 2.05) is 0 Å². The fourth-order valence-electron chi connectivity index (χ4n) is 2.91. The van der Waals surface area contributed by atoms with Gasteiger partial charge < -0.3 is 10.1 Å². The molecule has 2 aromatic carbocycles. The number of halogens is 1. The number of benzene rings is 2. The van der Waals surface area contributed by atoms with Crippen LogP contribution in [0.2, 0.25) is 0 Å². The number of rotatable bonds is 3. The average Bonchev–Trinajstić information content (AvgIpc) is 3.09. The van der Waals surface area contributed by atoms with Gasteiger partial charge in [0, 0.05) is 23.1 Å². The quantitative estimate of drug-likeness (QED) is 0.752. The van der Waals surface area contributed by atoms with Gasteiger partial charge in [0.25, 0.3) is 5.91 Å². The van der Waals surface area contributed by atoms with E-state index in [0.717, 1.165) is 0 Å². The van der Waals surface area contributed by atoms with Crippen LogP contribution < -0.4 is 15.8 Å². The van der Waals surface area contributed by atoms with Crippen molar-refractivity contribution >= 4 is 5.91 Å². The van der Waals surface area contributed by atoms with Crippen LogP contribution in [0, 0.1) is 5.82 Å². The molecule has 0 radical (unpaired) electrons. The molecule has 26 heavy (non-hydrogen) atoms. The first-order valence-electron chi connectivity index (χ1n) is 8.00. The molecule has 7 nitrogen and oxygen atoms in total. The lowest BCUT2D eigenvalue weighted by Gasteiger charge is -2.27. The third-order valence-corrected chi connectivity index (χ3v) is 4.19. The topological polar surface area (TPSA) is 97.2 Å². The van der Waals surface area contributed by atoms with E-state index in [9.17, 15) is 14.0 Å². The number of nitrogens with one attached hydrogen (secondary N) is 2. The zero-order valence-corrected chi connectivity index (χ0v) is 13.5. The predicted molar refractivity (Wildman–Crippen MR) is 89.3 cm³/mol. The van der Waals surface area contributed by atoms with Crippen LogP contribution in [0.25, 0.3) is 11.4 Å². The predicted octanol–water partition coefficient (Wildman–Crippen LogP) is 2.42. The van der Waals surface area contributed by atoms with Crippen molar-refractivity contribution in [2.75, 3.05) is 6.61 Å². The summed E-state index contributed by atoms with van der Waals surface area (Å²) in [7, 11) is 0. The maximum atomic E-state index is 13.8. The minimum atomic E-state index is -0.646. The summed E-state index contributed by atoms with van der Waals surface area (Å²) in [4.78, 5) is 26.0. The molecule has 1 aromatic heterocycles. The highest BCUT2D eigenvalue weighted by atomic mass is 19.1. The van der Waals surface area contributed by atoms with Crippen LogP contribution in [-0.2, 0) is 0 Å².